The van der Waals surface area contributed by atoms with Crippen LogP contribution in [0, 0.1) is 6.92 Å². The normalized spacial score (nSPS) is 14.4. The van der Waals surface area contributed by atoms with Gasteiger partial charge in [-0.15, -0.1) is 33.7 Å². The number of carbonyl (C=O) groups excluding carboxylic acids is 1. The molecule has 2 heterocycles. The Hall–Kier alpha value is -2.25. The van der Waals surface area contributed by atoms with Gasteiger partial charge in [-0.1, -0.05) is 29.8 Å². The van der Waals surface area contributed by atoms with Gasteiger partial charge in [-0.3, -0.25) is 0 Å². The van der Waals surface area contributed by atoms with Crippen molar-refractivity contribution in [3.8, 4) is 11.5 Å². The van der Waals surface area contributed by atoms with Gasteiger partial charge in [0.15, 0.2) is 6.61 Å². The molecule has 138 valence electrons. The summed E-state index contributed by atoms with van der Waals surface area (Å²) in [7, 11) is 0. The van der Waals surface area contributed by atoms with E-state index in [0.29, 0.717) is 16.0 Å². The number of rotatable bonds is 5. The summed E-state index contributed by atoms with van der Waals surface area (Å²) in [5, 5.41) is 7.98. The summed E-state index contributed by atoms with van der Waals surface area (Å²) in [6.07, 6.45) is 0. The predicted octanol–water partition coefficient (Wildman–Crippen LogP) is 4.88. The van der Waals surface area contributed by atoms with Crippen molar-refractivity contribution < 1.29 is 13.9 Å². The predicted molar refractivity (Wildman–Crippen MR) is 108 cm³/mol. The number of hydrogen-bond acceptors (Lipinski definition) is 7. The fourth-order valence-corrected chi connectivity index (χ4v) is 5.60. The molecule has 1 fully saturated rings. The van der Waals surface area contributed by atoms with Crippen molar-refractivity contribution in [2.45, 2.75) is 18.1 Å². The number of esters is 1. The first-order valence-corrected chi connectivity index (χ1v) is 10.7. The van der Waals surface area contributed by atoms with Crippen LogP contribution in [-0.4, -0.2) is 27.7 Å². The van der Waals surface area contributed by atoms with Gasteiger partial charge in [-0.05, 0) is 36.8 Å². The molecule has 27 heavy (non-hydrogen) atoms. The molecule has 1 aliphatic heterocycles. The van der Waals surface area contributed by atoms with Crippen LogP contribution >= 0.6 is 23.5 Å². The first-order valence-electron chi connectivity index (χ1n) is 8.59. The van der Waals surface area contributed by atoms with Crippen LogP contribution in [0.1, 0.15) is 32.0 Å². The fraction of sp³-hybridized carbons (Fsp3) is 0.250. The zero-order valence-corrected chi connectivity index (χ0v) is 16.4. The zero-order valence-electron chi connectivity index (χ0n) is 14.8. The average molecular weight is 399 g/mol. The summed E-state index contributed by atoms with van der Waals surface area (Å²) in [4.78, 5) is 12.2. The van der Waals surface area contributed by atoms with Crippen molar-refractivity contribution in [2.24, 2.45) is 0 Å². The SMILES string of the molecule is Cc1cccc(-c2nnc(COC(=O)c3ccc(C4SCCS4)cc3)o2)c1. The first-order chi connectivity index (χ1) is 13.2. The van der Waals surface area contributed by atoms with Crippen LogP contribution in [0.4, 0.5) is 0 Å². The Labute approximate surface area is 165 Å². The summed E-state index contributed by atoms with van der Waals surface area (Å²) in [5.74, 6) is 2.64. The molecular formula is C20H18N2O3S2. The summed E-state index contributed by atoms with van der Waals surface area (Å²) >= 11 is 3.88. The molecule has 0 spiro atoms. The Balaban J connectivity index is 1.36. The van der Waals surface area contributed by atoms with Crippen LogP contribution in [-0.2, 0) is 11.3 Å². The largest absolute Gasteiger partial charge is 0.452 e. The number of thioether (sulfide) groups is 2. The molecule has 0 amide bonds. The Morgan fingerprint density at radius 2 is 1.93 bits per heavy atom. The highest BCUT2D eigenvalue weighted by Gasteiger charge is 2.19. The van der Waals surface area contributed by atoms with E-state index in [-0.39, 0.29) is 12.5 Å². The zero-order chi connectivity index (χ0) is 18.6. The number of hydrogen-bond donors (Lipinski definition) is 0. The molecular weight excluding hydrogens is 380 g/mol. The van der Waals surface area contributed by atoms with Crippen LogP contribution in [0.5, 0.6) is 0 Å². The van der Waals surface area contributed by atoms with Crippen LogP contribution < -0.4 is 0 Å². The minimum atomic E-state index is -0.399. The van der Waals surface area contributed by atoms with E-state index in [4.69, 9.17) is 9.15 Å². The van der Waals surface area contributed by atoms with E-state index in [1.54, 1.807) is 0 Å². The molecule has 3 aromatic rings. The minimum Gasteiger partial charge on any atom is -0.452 e. The maximum absolute atomic E-state index is 12.2. The molecule has 4 rings (SSSR count). The molecule has 1 aliphatic rings. The Morgan fingerprint density at radius 1 is 1.15 bits per heavy atom. The molecule has 0 atom stereocenters. The number of aryl methyl sites for hydroxylation is 1. The topological polar surface area (TPSA) is 65.2 Å². The number of carbonyl (C=O) groups is 1. The van der Waals surface area contributed by atoms with Gasteiger partial charge in [0.05, 0.1) is 10.1 Å². The van der Waals surface area contributed by atoms with Gasteiger partial charge in [-0.2, -0.15) is 0 Å². The third-order valence-corrected chi connectivity index (χ3v) is 7.20. The highest BCUT2D eigenvalue weighted by Crippen LogP contribution is 2.45. The third kappa shape index (κ3) is 4.36. The summed E-state index contributed by atoms with van der Waals surface area (Å²) in [5.41, 5.74) is 3.71. The average Bonchev–Trinajstić information content (AvgIpc) is 3.38. The smallest absolute Gasteiger partial charge is 0.338 e. The lowest BCUT2D eigenvalue weighted by Gasteiger charge is -2.08. The third-order valence-electron chi connectivity index (χ3n) is 4.10. The second-order valence-electron chi connectivity index (χ2n) is 6.14. The van der Waals surface area contributed by atoms with Crippen LogP contribution in [0.15, 0.2) is 52.9 Å². The fourth-order valence-electron chi connectivity index (χ4n) is 2.74. The van der Waals surface area contributed by atoms with E-state index in [9.17, 15) is 4.79 Å². The number of aromatic nitrogens is 2. The second-order valence-corrected chi connectivity index (χ2v) is 8.87. The maximum Gasteiger partial charge on any atom is 0.338 e. The molecule has 1 aromatic heterocycles. The summed E-state index contributed by atoms with van der Waals surface area (Å²) in [6.45, 7) is 1.95. The standard InChI is InChI=1S/C20H18N2O3S2/c1-13-3-2-4-16(11-13)18-22-21-17(25-18)12-24-19(23)14-5-7-15(8-6-14)20-26-9-10-27-20/h2-8,11,20H,9-10,12H2,1H3. The molecule has 0 unspecified atom stereocenters. The second kappa shape index (κ2) is 8.19. The van der Waals surface area contributed by atoms with Gasteiger partial charge in [-0.25, -0.2) is 4.79 Å². The van der Waals surface area contributed by atoms with E-state index in [1.165, 1.54) is 17.1 Å². The number of benzene rings is 2. The van der Waals surface area contributed by atoms with Crippen LogP contribution in [0.2, 0.25) is 0 Å². The molecule has 0 N–H and O–H groups in total. The molecule has 0 bridgehead atoms. The molecule has 7 heteroatoms. The highest BCUT2D eigenvalue weighted by atomic mass is 32.2. The van der Waals surface area contributed by atoms with E-state index < -0.39 is 5.97 Å². The maximum atomic E-state index is 12.2. The van der Waals surface area contributed by atoms with Gasteiger partial charge < -0.3 is 9.15 Å². The molecule has 1 saturated heterocycles. The highest BCUT2D eigenvalue weighted by molar-refractivity contribution is 8.19. The van der Waals surface area contributed by atoms with Crippen molar-refractivity contribution in [3.05, 3.63) is 71.1 Å². The molecule has 0 saturated carbocycles. The van der Waals surface area contributed by atoms with E-state index in [1.807, 2.05) is 79.0 Å². The molecule has 2 aromatic carbocycles. The van der Waals surface area contributed by atoms with Gasteiger partial charge in [0.1, 0.15) is 0 Å². The van der Waals surface area contributed by atoms with Crippen molar-refractivity contribution in [1.82, 2.24) is 10.2 Å². The Bertz CT molecular complexity index is 934. The molecule has 0 radical (unpaired) electrons. The lowest BCUT2D eigenvalue weighted by Crippen LogP contribution is -2.05. The minimum absolute atomic E-state index is 0.0479. The number of nitrogens with zero attached hydrogens (tertiary/aromatic N) is 2. The van der Waals surface area contributed by atoms with Crippen molar-refractivity contribution in [2.75, 3.05) is 11.5 Å². The van der Waals surface area contributed by atoms with Crippen molar-refractivity contribution in [3.63, 3.8) is 0 Å². The summed E-state index contributed by atoms with van der Waals surface area (Å²) in [6, 6.07) is 15.4. The monoisotopic (exact) mass is 398 g/mol. The summed E-state index contributed by atoms with van der Waals surface area (Å²) < 4.78 is 11.4. The van der Waals surface area contributed by atoms with E-state index in [0.717, 1.165) is 11.1 Å². The van der Waals surface area contributed by atoms with Crippen LogP contribution in [0.3, 0.4) is 0 Å². The molecule has 0 aliphatic carbocycles. The quantitative estimate of drug-likeness (QED) is 0.567. The van der Waals surface area contributed by atoms with E-state index >= 15 is 0 Å². The van der Waals surface area contributed by atoms with E-state index in [2.05, 4.69) is 10.2 Å². The Morgan fingerprint density at radius 3 is 2.67 bits per heavy atom. The lowest BCUT2D eigenvalue weighted by atomic mass is 10.1. The number of ether oxygens (including phenoxy) is 1. The van der Waals surface area contributed by atoms with Crippen LogP contribution in [0.25, 0.3) is 11.5 Å². The van der Waals surface area contributed by atoms with Gasteiger partial charge >= 0.3 is 5.97 Å². The molecule has 5 nitrogen and oxygen atoms in total. The lowest BCUT2D eigenvalue weighted by molar-refractivity contribution is 0.0438. The van der Waals surface area contributed by atoms with Crippen molar-refractivity contribution in [1.29, 1.82) is 0 Å². The van der Waals surface area contributed by atoms with Gasteiger partial charge in [0.25, 0.3) is 5.89 Å². The first kappa shape index (κ1) is 18.1. The van der Waals surface area contributed by atoms with Crippen molar-refractivity contribution >= 4 is 29.5 Å². The van der Waals surface area contributed by atoms with Gasteiger partial charge in [0, 0.05) is 17.1 Å². The van der Waals surface area contributed by atoms with Gasteiger partial charge in [0.2, 0.25) is 5.89 Å². The Kier molecular flexibility index (Phi) is 5.50.